The molecule has 1 N–H and O–H groups in total. The number of amides is 2. The Kier molecular flexibility index (Phi) is 7.97. The van der Waals surface area contributed by atoms with Crippen molar-refractivity contribution >= 4 is 29.1 Å². The molecule has 35 heavy (non-hydrogen) atoms. The maximum absolute atomic E-state index is 13.6. The standard InChI is InChI=1S/C25H29ClN6O3/c1-3-22(25(34)27-19-6-4-5-7-19)32(20-12-14-21(35-2)15-13-20)23(33)16-31-29-24(28-30-31)17-8-10-18(26)11-9-17/h8-15,19,22H,3-7,16H2,1-2H3,(H,27,34). The maximum atomic E-state index is 13.6. The van der Waals surface area contributed by atoms with Gasteiger partial charge in [0, 0.05) is 22.3 Å². The Hall–Kier alpha value is -3.46. The number of benzene rings is 2. The van der Waals surface area contributed by atoms with Gasteiger partial charge in [0.15, 0.2) is 0 Å². The summed E-state index contributed by atoms with van der Waals surface area (Å²) in [7, 11) is 1.58. The van der Waals surface area contributed by atoms with Gasteiger partial charge in [0.05, 0.1) is 7.11 Å². The van der Waals surface area contributed by atoms with Crippen LogP contribution in [-0.2, 0) is 16.1 Å². The summed E-state index contributed by atoms with van der Waals surface area (Å²) >= 11 is 5.96. The van der Waals surface area contributed by atoms with Crippen molar-refractivity contribution in [2.24, 2.45) is 0 Å². The molecule has 0 radical (unpaired) electrons. The average molecular weight is 497 g/mol. The van der Waals surface area contributed by atoms with Crippen molar-refractivity contribution in [3.05, 3.63) is 53.6 Å². The first-order valence-electron chi connectivity index (χ1n) is 11.8. The molecule has 9 nitrogen and oxygen atoms in total. The van der Waals surface area contributed by atoms with Crippen LogP contribution in [0.2, 0.25) is 5.02 Å². The molecule has 1 aliphatic carbocycles. The number of methoxy groups -OCH3 is 1. The van der Waals surface area contributed by atoms with Crippen LogP contribution in [0.4, 0.5) is 5.69 Å². The zero-order valence-corrected chi connectivity index (χ0v) is 20.6. The minimum Gasteiger partial charge on any atom is -0.497 e. The largest absolute Gasteiger partial charge is 0.497 e. The van der Waals surface area contributed by atoms with Gasteiger partial charge in [0.1, 0.15) is 18.3 Å². The normalized spacial score (nSPS) is 14.5. The molecular weight excluding hydrogens is 468 g/mol. The maximum Gasteiger partial charge on any atom is 0.251 e. The highest BCUT2D eigenvalue weighted by molar-refractivity contribution is 6.30. The van der Waals surface area contributed by atoms with Gasteiger partial charge in [0.25, 0.3) is 5.91 Å². The van der Waals surface area contributed by atoms with Crippen molar-refractivity contribution < 1.29 is 14.3 Å². The molecular formula is C25H29ClN6O3. The third kappa shape index (κ3) is 5.97. The number of halogens is 1. The third-order valence-corrected chi connectivity index (χ3v) is 6.41. The van der Waals surface area contributed by atoms with E-state index < -0.39 is 6.04 Å². The van der Waals surface area contributed by atoms with Crippen LogP contribution >= 0.6 is 11.6 Å². The highest BCUT2D eigenvalue weighted by Gasteiger charge is 2.32. The van der Waals surface area contributed by atoms with Crippen molar-refractivity contribution in [2.75, 3.05) is 12.0 Å². The molecule has 1 saturated carbocycles. The Bertz CT molecular complexity index is 1140. The van der Waals surface area contributed by atoms with Gasteiger partial charge in [-0.25, -0.2) is 0 Å². The number of nitrogens with one attached hydrogen (secondary N) is 1. The molecule has 1 atom stereocenters. The number of anilines is 1. The lowest BCUT2D eigenvalue weighted by Crippen LogP contribution is -2.52. The summed E-state index contributed by atoms with van der Waals surface area (Å²) in [6, 6.07) is 13.6. The lowest BCUT2D eigenvalue weighted by molar-refractivity contribution is -0.127. The topological polar surface area (TPSA) is 102 Å². The summed E-state index contributed by atoms with van der Waals surface area (Å²) in [6.07, 6.45) is 4.61. The molecule has 0 saturated heterocycles. The first-order valence-corrected chi connectivity index (χ1v) is 12.2. The van der Waals surface area contributed by atoms with E-state index >= 15 is 0 Å². The molecule has 2 amide bonds. The monoisotopic (exact) mass is 496 g/mol. The van der Waals surface area contributed by atoms with E-state index in [1.165, 1.54) is 9.70 Å². The molecule has 10 heteroatoms. The predicted molar refractivity (Wildman–Crippen MR) is 133 cm³/mol. The van der Waals surface area contributed by atoms with Crippen molar-refractivity contribution in [2.45, 2.75) is 57.7 Å². The number of ether oxygens (including phenoxy) is 1. The van der Waals surface area contributed by atoms with Crippen LogP contribution in [0.3, 0.4) is 0 Å². The number of hydrogen-bond donors (Lipinski definition) is 1. The molecule has 0 bridgehead atoms. The van der Waals surface area contributed by atoms with E-state index in [9.17, 15) is 9.59 Å². The van der Waals surface area contributed by atoms with Crippen LogP contribution in [0.15, 0.2) is 48.5 Å². The number of tetrazole rings is 1. The fraction of sp³-hybridized carbons (Fsp3) is 0.400. The van der Waals surface area contributed by atoms with Gasteiger partial charge < -0.3 is 10.1 Å². The second kappa shape index (κ2) is 11.3. The molecule has 0 aliphatic heterocycles. The van der Waals surface area contributed by atoms with Crippen LogP contribution in [0.5, 0.6) is 5.75 Å². The molecule has 1 unspecified atom stereocenters. The van der Waals surface area contributed by atoms with E-state index in [1.54, 1.807) is 55.6 Å². The second-order valence-corrected chi connectivity index (χ2v) is 8.96. The number of hydrogen-bond acceptors (Lipinski definition) is 6. The van der Waals surface area contributed by atoms with Gasteiger partial charge >= 0.3 is 0 Å². The van der Waals surface area contributed by atoms with E-state index in [0.717, 1.165) is 31.2 Å². The van der Waals surface area contributed by atoms with Crippen LogP contribution in [-0.4, -0.2) is 51.2 Å². The fourth-order valence-electron chi connectivity index (χ4n) is 4.32. The fourth-order valence-corrected chi connectivity index (χ4v) is 4.44. The smallest absolute Gasteiger partial charge is 0.251 e. The average Bonchev–Trinajstić information content (AvgIpc) is 3.55. The van der Waals surface area contributed by atoms with Crippen molar-refractivity contribution in [1.29, 1.82) is 0 Å². The first kappa shape index (κ1) is 24.7. The number of carbonyl (C=O) groups is 2. The third-order valence-electron chi connectivity index (χ3n) is 6.15. The highest BCUT2D eigenvalue weighted by atomic mass is 35.5. The SMILES string of the molecule is CCC(C(=O)NC1CCCC1)N(C(=O)Cn1nnc(-c2ccc(Cl)cc2)n1)c1ccc(OC)cc1. The number of rotatable bonds is 9. The lowest BCUT2D eigenvalue weighted by Gasteiger charge is -2.31. The van der Waals surface area contributed by atoms with E-state index in [-0.39, 0.29) is 24.4 Å². The van der Waals surface area contributed by atoms with Crippen LogP contribution < -0.4 is 15.0 Å². The summed E-state index contributed by atoms with van der Waals surface area (Å²) in [5, 5.41) is 16.2. The van der Waals surface area contributed by atoms with Gasteiger partial charge in [0.2, 0.25) is 11.7 Å². The van der Waals surface area contributed by atoms with Crippen LogP contribution in [0.25, 0.3) is 11.4 Å². The van der Waals surface area contributed by atoms with E-state index in [0.29, 0.717) is 28.7 Å². The molecule has 1 aliphatic rings. The molecule has 1 aromatic heterocycles. The highest BCUT2D eigenvalue weighted by Crippen LogP contribution is 2.25. The zero-order chi connectivity index (χ0) is 24.8. The zero-order valence-electron chi connectivity index (χ0n) is 19.9. The van der Waals surface area contributed by atoms with Gasteiger partial charge in [-0.05, 0) is 73.0 Å². The van der Waals surface area contributed by atoms with Crippen molar-refractivity contribution in [3.8, 4) is 17.1 Å². The molecule has 3 aromatic rings. The van der Waals surface area contributed by atoms with Gasteiger partial charge in [-0.2, -0.15) is 4.80 Å². The van der Waals surface area contributed by atoms with Gasteiger partial charge in [-0.3, -0.25) is 14.5 Å². The minimum atomic E-state index is -0.671. The summed E-state index contributed by atoms with van der Waals surface area (Å²) in [6.45, 7) is 1.73. The quantitative estimate of drug-likeness (QED) is 0.482. The summed E-state index contributed by atoms with van der Waals surface area (Å²) in [5.74, 6) is 0.576. The molecule has 1 heterocycles. The second-order valence-electron chi connectivity index (χ2n) is 8.53. The first-order chi connectivity index (χ1) is 17.0. The van der Waals surface area contributed by atoms with Crippen LogP contribution in [0, 0.1) is 0 Å². The number of aromatic nitrogens is 4. The Morgan fingerprint density at radius 1 is 1.14 bits per heavy atom. The molecule has 0 spiro atoms. The molecule has 1 fully saturated rings. The van der Waals surface area contributed by atoms with Gasteiger partial charge in [-0.1, -0.05) is 31.4 Å². The predicted octanol–water partition coefficient (Wildman–Crippen LogP) is 3.87. The Morgan fingerprint density at radius 3 is 2.46 bits per heavy atom. The van der Waals surface area contributed by atoms with Crippen molar-refractivity contribution in [3.63, 3.8) is 0 Å². The molecule has 4 rings (SSSR count). The number of nitrogens with zero attached hydrogens (tertiary/aromatic N) is 5. The minimum absolute atomic E-state index is 0.156. The van der Waals surface area contributed by atoms with Crippen LogP contribution in [0.1, 0.15) is 39.0 Å². The molecule has 184 valence electrons. The van der Waals surface area contributed by atoms with Crippen molar-refractivity contribution in [1.82, 2.24) is 25.5 Å². The van der Waals surface area contributed by atoms with E-state index in [2.05, 4.69) is 20.7 Å². The summed E-state index contributed by atoms with van der Waals surface area (Å²) < 4.78 is 5.26. The Labute approximate surface area is 209 Å². The summed E-state index contributed by atoms with van der Waals surface area (Å²) in [5.41, 5.74) is 1.34. The Balaban J connectivity index is 1.57. The molecule has 2 aromatic carbocycles. The van der Waals surface area contributed by atoms with E-state index in [1.807, 2.05) is 6.92 Å². The van der Waals surface area contributed by atoms with E-state index in [4.69, 9.17) is 16.3 Å². The van der Waals surface area contributed by atoms with Gasteiger partial charge in [-0.15, -0.1) is 10.2 Å². The Morgan fingerprint density at radius 2 is 1.83 bits per heavy atom. The number of carbonyl (C=O) groups excluding carboxylic acids is 2. The summed E-state index contributed by atoms with van der Waals surface area (Å²) in [4.78, 5) is 29.6. The lowest BCUT2D eigenvalue weighted by atomic mass is 10.1.